The highest BCUT2D eigenvalue weighted by Crippen LogP contribution is 2.34. The number of fused-ring (bicyclic) bond motifs is 2. The first-order chi connectivity index (χ1) is 15.3. The van der Waals surface area contributed by atoms with Crippen LogP contribution in [-0.4, -0.2) is 53.2 Å². The number of nitrogens with zero attached hydrogens (tertiary/aromatic N) is 7. The highest BCUT2D eigenvalue weighted by molar-refractivity contribution is 5.96. The minimum atomic E-state index is -0.495. The third-order valence-corrected chi connectivity index (χ3v) is 5.67. The molecule has 0 saturated carbocycles. The van der Waals surface area contributed by atoms with E-state index in [0.717, 1.165) is 42.7 Å². The van der Waals surface area contributed by atoms with E-state index in [4.69, 9.17) is 4.98 Å². The molecule has 1 aliphatic heterocycles. The number of rotatable bonds is 3. The summed E-state index contributed by atoms with van der Waals surface area (Å²) in [4.78, 5) is 26.9. The number of aromatic nitrogens is 8. The zero-order valence-corrected chi connectivity index (χ0v) is 16.5. The Morgan fingerprint density at radius 2 is 1.71 bits per heavy atom. The van der Waals surface area contributed by atoms with Gasteiger partial charge in [0, 0.05) is 31.0 Å². The first-order valence-corrected chi connectivity index (χ1v) is 10.2. The second kappa shape index (κ2) is 7.08. The Labute approximate surface area is 175 Å². The second-order valence-electron chi connectivity index (χ2n) is 7.60. The number of pyridine rings is 2. The van der Waals surface area contributed by atoms with E-state index in [2.05, 4.69) is 40.0 Å². The van der Waals surface area contributed by atoms with Crippen LogP contribution in [0.4, 0.5) is 10.1 Å². The Morgan fingerprint density at radius 3 is 2.55 bits per heavy atom. The van der Waals surface area contributed by atoms with Gasteiger partial charge < -0.3 is 9.88 Å². The fourth-order valence-electron chi connectivity index (χ4n) is 4.17. The van der Waals surface area contributed by atoms with Gasteiger partial charge in [0.05, 0.1) is 40.7 Å². The van der Waals surface area contributed by atoms with Crippen molar-refractivity contribution in [2.24, 2.45) is 0 Å². The van der Waals surface area contributed by atoms with Crippen molar-refractivity contribution >= 4 is 27.6 Å². The van der Waals surface area contributed by atoms with Gasteiger partial charge in [-0.1, -0.05) is 0 Å². The maximum Gasteiger partial charge on any atom is 0.161 e. The average Bonchev–Trinajstić information content (AvgIpc) is 3.45. The Hall–Kier alpha value is -3.95. The van der Waals surface area contributed by atoms with Crippen LogP contribution in [0.1, 0.15) is 19.3 Å². The number of hydrogen-bond acceptors (Lipinski definition) is 7. The lowest BCUT2D eigenvalue weighted by molar-refractivity contribution is 0.578. The van der Waals surface area contributed by atoms with Crippen LogP contribution in [-0.2, 0) is 0 Å². The molecule has 0 atom stereocenters. The third-order valence-electron chi connectivity index (χ3n) is 5.67. The number of piperidine rings is 1. The number of H-pyrrole nitrogens is 2. The molecule has 0 bridgehead atoms. The molecule has 0 aromatic carbocycles. The average molecular weight is 415 g/mol. The topological polar surface area (TPSA) is 112 Å². The number of halogens is 1. The van der Waals surface area contributed by atoms with E-state index in [1.165, 1.54) is 25.1 Å². The summed E-state index contributed by atoms with van der Waals surface area (Å²) >= 11 is 0. The van der Waals surface area contributed by atoms with Crippen molar-refractivity contribution in [2.75, 3.05) is 18.0 Å². The summed E-state index contributed by atoms with van der Waals surface area (Å²) in [5.74, 6) is -0.0150. The molecule has 5 aromatic heterocycles. The van der Waals surface area contributed by atoms with Gasteiger partial charge in [0.1, 0.15) is 23.2 Å². The molecule has 0 spiro atoms. The lowest BCUT2D eigenvalue weighted by Crippen LogP contribution is -2.29. The van der Waals surface area contributed by atoms with Crippen LogP contribution < -0.4 is 4.90 Å². The number of hydrogen-bond donors (Lipinski definition) is 2. The van der Waals surface area contributed by atoms with Crippen LogP contribution in [0.15, 0.2) is 37.3 Å². The van der Waals surface area contributed by atoms with Gasteiger partial charge in [-0.05, 0) is 19.3 Å². The predicted octanol–water partition coefficient (Wildman–Crippen LogP) is 3.48. The van der Waals surface area contributed by atoms with Gasteiger partial charge in [-0.2, -0.15) is 5.10 Å². The molecule has 1 saturated heterocycles. The molecule has 0 amide bonds. The Bertz CT molecular complexity index is 1390. The van der Waals surface area contributed by atoms with Gasteiger partial charge in [-0.3, -0.25) is 15.1 Å². The Balaban J connectivity index is 1.51. The van der Waals surface area contributed by atoms with E-state index in [9.17, 15) is 0 Å². The molecule has 9 nitrogen and oxygen atoms in total. The largest absolute Gasteiger partial charge is 0.368 e. The number of aromatic amines is 2. The number of nitrogens with one attached hydrogen (secondary N) is 2. The number of anilines is 1. The van der Waals surface area contributed by atoms with E-state index in [1.54, 1.807) is 12.4 Å². The highest BCUT2D eigenvalue weighted by Gasteiger charge is 2.22. The summed E-state index contributed by atoms with van der Waals surface area (Å²) in [6.07, 6.45) is 13.1. The molecular formula is C21H18FN9. The number of imidazole rings is 1. The fourth-order valence-corrected chi connectivity index (χ4v) is 4.17. The lowest BCUT2D eigenvalue weighted by Gasteiger charge is -2.28. The van der Waals surface area contributed by atoms with Crippen molar-refractivity contribution in [1.82, 2.24) is 40.1 Å². The standard InChI is InChI=1S/C21H18FN9/c22-17-16-13(9-26-18(17)12-6-24-11-25-7-12)29-30-20(16)21-27-14-8-23-10-15(19(14)28-21)31-4-2-1-3-5-31/h6-11H,1-5H2,(H,27,28)(H,29,30). The van der Waals surface area contributed by atoms with E-state index < -0.39 is 5.82 Å². The van der Waals surface area contributed by atoms with Crippen molar-refractivity contribution < 1.29 is 4.39 Å². The van der Waals surface area contributed by atoms with E-state index >= 15 is 4.39 Å². The molecule has 1 aliphatic rings. The van der Waals surface area contributed by atoms with Gasteiger partial charge in [0.15, 0.2) is 11.6 Å². The first kappa shape index (κ1) is 17.9. The van der Waals surface area contributed by atoms with Crippen LogP contribution in [0, 0.1) is 5.82 Å². The summed E-state index contributed by atoms with van der Waals surface area (Å²) < 4.78 is 15.5. The quantitative estimate of drug-likeness (QED) is 0.464. The minimum Gasteiger partial charge on any atom is -0.368 e. The van der Waals surface area contributed by atoms with Crippen molar-refractivity contribution in [3.63, 3.8) is 0 Å². The van der Waals surface area contributed by atoms with Crippen LogP contribution in [0.2, 0.25) is 0 Å². The van der Waals surface area contributed by atoms with Gasteiger partial charge in [-0.25, -0.2) is 19.3 Å². The molecule has 6 heterocycles. The molecule has 0 radical (unpaired) electrons. The molecule has 2 N–H and O–H groups in total. The molecule has 5 aromatic rings. The van der Waals surface area contributed by atoms with Crippen molar-refractivity contribution in [3.05, 3.63) is 43.1 Å². The maximum atomic E-state index is 15.5. The molecule has 154 valence electrons. The summed E-state index contributed by atoms with van der Waals surface area (Å²) in [5, 5.41) is 7.51. The molecule has 31 heavy (non-hydrogen) atoms. The molecular weight excluding hydrogens is 397 g/mol. The van der Waals surface area contributed by atoms with Gasteiger partial charge in [0.25, 0.3) is 0 Å². The summed E-state index contributed by atoms with van der Waals surface area (Å²) in [5.41, 5.74) is 4.15. The van der Waals surface area contributed by atoms with Gasteiger partial charge in [-0.15, -0.1) is 0 Å². The van der Waals surface area contributed by atoms with Crippen molar-refractivity contribution in [2.45, 2.75) is 19.3 Å². The minimum absolute atomic E-state index is 0.169. The maximum absolute atomic E-state index is 15.5. The highest BCUT2D eigenvalue weighted by atomic mass is 19.1. The summed E-state index contributed by atoms with van der Waals surface area (Å²) in [7, 11) is 0. The lowest BCUT2D eigenvalue weighted by atomic mass is 10.1. The van der Waals surface area contributed by atoms with Crippen molar-refractivity contribution in [1.29, 1.82) is 0 Å². The molecule has 1 fully saturated rings. The Kier molecular flexibility index (Phi) is 4.08. The zero-order valence-electron chi connectivity index (χ0n) is 16.5. The monoisotopic (exact) mass is 415 g/mol. The molecule has 10 heteroatoms. The second-order valence-corrected chi connectivity index (χ2v) is 7.60. The van der Waals surface area contributed by atoms with Crippen LogP contribution in [0.3, 0.4) is 0 Å². The van der Waals surface area contributed by atoms with Gasteiger partial charge in [0.2, 0.25) is 0 Å². The van der Waals surface area contributed by atoms with E-state index in [-0.39, 0.29) is 5.69 Å². The molecule has 0 unspecified atom stereocenters. The van der Waals surface area contributed by atoms with E-state index in [1.807, 2.05) is 6.20 Å². The van der Waals surface area contributed by atoms with Crippen LogP contribution in [0.25, 0.3) is 44.7 Å². The van der Waals surface area contributed by atoms with Crippen molar-refractivity contribution in [3.8, 4) is 22.8 Å². The Morgan fingerprint density at radius 1 is 0.871 bits per heavy atom. The zero-order chi connectivity index (χ0) is 20.8. The first-order valence-electron chi connectivity index (χ1n) is 10.2. The normalized spacial score (nSPS) is 14.5. The SMILES string of the molecule is Fc1c(-c2cncnc2)ncc2[nH]nc(-c3nc4c(N5CCCCC5)cncc4[nH]3)c12. The van der Waals surface area contributed by atoms with Gasteiger partial charge >= 0.3 is 0 Å². The third kappa shape index (κ3) is 2.90. The molecule has 6 rings (SSSR count). The summed E-state index contributed by atoms with van der Waals surface area (Å²) in [6.45, 7) is 1.97. The van der Waals surface area contributed by atoms with Crippen LogP contribution >= 0.6 is 0 Å². The predicted molar refractivity (Wildman–Crippen MR) is 114 cm³/mol. The van der Waals surface area contributed by atoms with Crippen LogP contribution in [0.5, 0.6) is 0 Å². The fraction of sp³-hybridized carbons (Fsp3) is 0.238. The molecule has 0 aliphatic carbocycles. The smallest absolute Gasteiger partial charge is 0.161 e. The summed E-state index contributed by atoms with van der Waals surface area (Å²) in [6, 6.07) is 0. The van der Waals surface area contributed by atoms with E-state index in [0.29, 0.717) is 28.0 Å².